The fourth-order valence-electron chi connectivity index (χ4n) is 3.98. The summed E-state index contributed by atoms with van der Waals surface area (Å²) in [6, 6.07) is 13.1. The molecule has 1 fully saturated rings. The number of carbonyl (C=O) groups excluding carboxylic acids is 2. The predicted molar refractivity (Wildman–Crippen MR) is 134 cm³/mol. The first-order chi connectivity index (χ1) is 15.3. The monoisotopic (exact) mass is 492 g/mol. The third-order valence-corrected chi connectivity index (χ3v) is 7.49. The molecule has 1 aliphatic carbocycles. The van der Waals surface area contributed by atoms with Crippen molar-refractivity contribution < 1.29 is 9.59 Å². The van der Waals surface area contributed by atoms with Gasteiger partial charge < -0.3 is 10.2 Å². The van der Waals surface area contributed by atoms with Crippen LogP contribution in [0.15, 0.2) is 42.5 Å². The van der Waals surface area contributed by atoms with Crippen LogP contribution in [0.1, 0.15) is 49.3 Å². The molecule has 2 amide bonds. The standard InChI is InChI=1S/C25H30Cl2N2O2S/c1-17-7-5-8-19(13-17)14-29(18(2)25(31)28-20-9-3-4-10-20)24(30)16-32-15-21-22(26)11-6-12-23(21)27/h5-8,11-13,18,20H,3-4,9-10,14-16H2,1-2H3,(H,28,31)/t18-/m0/s1. The van der Waals surface area contributed by atoms with Gasteiger partial charge in [0.15, 0.2) is 0 Å². The molecule has 7 heteroatoms. The van der Waals surface area contributed by atoms with E-state index in [9.17, 15) is 9.59 Å². The number of carbonyl (C=O) groups is 2. The first kappa shape index (κ1) is 24.9. The van der Waals surface area contributed by atoms with Crippen molar-refractivity contribution in [3.8, 4) is 0 Å². The summed E-state index contributed by atoms with van der Waals surface area (Å²) >= 11 is 14.0. The summed E-state index contributed by atoms with van der Waals surface area (Å²) in [6.45, 7) is 4.23. The van der Waals surface area contributed by atoms with Gasteiger partial charge in [-0.15, -0.1) is 11.8 Å². The van der Waals surface area contributed by atoms with Gasteiger partial charge >= 0.3 is 0 Å². The van der Waals surface area contributed by atoms with Gasteiger partial charge in [0.2, 0.25) is 11.8 Å². The Labute approximate surface area is 205 Å². The number of hydrogen-bond acceptors (Lipinski definition) is 3. The molecule has 0 aromatic heterocycles. The van der Waals surface area contributed by atoms with Gasteiger partial charge in [0, 0.05) is 28.4 Å². The number of benzene rings is 2. The molecule has 1 aliphatic rings. The van der Waals surface area contributed by atoms with Crippen LogP contribution in [0.3, 0.4) is 0 Å². The normalized spacial score (nSPS) is 14.9. The van der Waals surface area contributed by atoms with E-state index >= 15 is 0 Å². The van der Waals surface area contributed by atoms with Crippen LogP contribution in [0.25, 0.3) is 0 Å². The van der Waals surface area contributed by atoms with Gasteiger partial charge in [-0.1, -0.05) is 71.9 Å². The molecule has 4 nitrogen and oxygen atoms in total. The zero-order valence-electron chi connectivity index (χ0n) is 18.6. The van der Waals surface area contributed by atoms with Gasteiger partial charge in [0.1, 0.15) is 6.04 Å². The molecule has 0 heterocycles. The Morgan fingerprint density at radius 2 is 1.78 bits per heavy atom. The summed E-state index contributed by atoms with van der Waals surface area (Å²) in [4.78, 5) is 27.9. The second kappa shape index (κ2) is 12.0. The van der Waals surface area contributed by atoms with E-state index in [0.29, 0.717) is 22.3 Å². The fraction of sp³-hybridized carbons (Fsp3) is 0.440. The Balaban J connectivity index is 1.68. The van der Waals surface area contributed by atoms with Crippen LogP contribution in [0, 0.1) is 6.92 Å². The van der Waals surface area contributed by atoms with Crippen LogP contribution in [-0.2, 0) is 21.9 Å². The molecule has 0 unspecified atom stereocenters. The molecular formula is C25H30Cl2N2O2S. The molecule has 0 aliphatic heterocycles. The van der Waals surface area contributed by atoms with Crippen molar-refractivity contribution in [3.05, 3.63) is 69.2 Å². The average molecular weight is 494 g/mol. The highest BCUT2D eigenvalue weighted by Gasteiger charge is 2.28. The molecule has 1 atom stereocenters. The molecule has 2 aromatic rings. The molecule has 0 saturated heterocycles. The fourth-order valence-corrected chi connectivity index (χ4v) is 5.62. The largest absolute Gasteiger partial charge is 0.352 e. The van der Waals surface area contributed by atoms with E-state index in [-0.39, 0.29) is 23.6 Å². The molecule has 2 aromatic carbocycles. The second-order valence-corrected chi connectivity index (χ2v) is 10.2. The van der Waals surface area contributed by atoms with Crippen LogP contribution in [0.2, 0.25) is 10.0 Å². The third kappa shape index (κ3) is 6.90. The highest BCUT2D eigenvalue weighted by atomic mass is 35.5. The van der Waals surface area contributed by atoms with E-state index in [1.54, 1.807) is 23.1 Å². The van der Waals surface area contributed by atoms with Crippen molar-refractivity contribution in [1.29, 1.82) is 0 Å². The summed E-state index contributed by atoms with van der Waals surface area (Å²) in [6.07, 6.45) is 4.32. The number of amides is 2. The quantitative estimate of drug-likeness (QED) is 0.466. The Hall–Kier alpha value is -1.69. The van der Waals surface area contributed by atoms with E-state index in [1.165, 1.54) is 11.8 Å². The van der Waals surface area contributed by atoms with Crippen LogP contribution in [-0.4, -0.2) is 34.6 Å². The maximum absolute atomic E-state index is 13.2. The van der Waals surface area contributed by atoms with Gasteiger partial charge in [0.05, 0.1) is 5.75 Å². The summed E-state index contributed by atoms with van der Waals surface area (Å²) in [5, 5.41) is 4.32. The smallest absolute Gasteiger partial charge is 0.242 e. The minimum absolute atomic E-state index is 0.0752. The maximum atomic E-state index is 13.2. The Kier molecular flexibility index (Phi) is 9.33. The summed E-state index contributed by atoms with van der Waals surface area (Å²) in [5.74, 6) is 0.616. The van der Waals surface area contributed by atoms with Crippen molar-refractivity contribution >= 4 is 46.8 Å². The highest BCUT2D eigenvalue weighted by Crippen LogP contribution is 2.28. The molecule has 1 N–H and O–H groups in total. The number of thioether (sulfide) groups is 1. The van der Waals surface area contributed by atoms with Crippen molar-refractivity contribution in [2.24, 2.45) is 0 Å². The molecule has 32 heavy (non-hydrogen) atoms. The third-order valence-electron chi connectivity index (χ3n) is 5.84. The Morgan fingerprint density at radius 1 is 1.12 bits per heavy atom. The minimum Gasteiger partial charge on any atom is -0.352 e. The average Bonchev–Trinajstić information content (AvgIpc) is 3.26. The number of halogens is 2. The second-order valence-electron chi connectivity index (χ2n) is 8.37. The SMILES string of the molecule is Cc1cccc(CN(C(=O)CSCc2c(Cl)cccc2Cl)[C@@H](C)C(=O)NC2CCCC2)c1. The molecule has 1 saturated carbocycles. The van der Waals surface area contributed by atoms with E-state index in [4.69, 9.17) is 23.2 Å². The zero-order chi connectivity index (χ0) is 23.1. The lowest BCUT2D eigenvalue weighted by molar-refractivity contribution is -0.138. The first-order valence-electron chi connectivity index (χ1n) is 11.0. The molecule has 3 rings (SSSR count). The van der Waals surface area contributed by atoms with E-state index in [2.05, 4.69) is 11.4 Å². The molecule has 0 bridgehead atoms. The number of nitrogens with zero attached hydrogens (tertiary/aromatic N) is 1. The topological polar surface area (TPSA) is 49.4 Å². The van der Waals surface area contributed by atoms with Gasteiger partial charge in [-0.3, -0.25) is 9.59 Å². The zero-order valence-corrected chi connectivity index (χ0v) is 20.9. The molecular weight excluding hydrogens is 463 g/mol. The molecule has 0 radical (unpaired) electrons. The lowest BCUT2D eigenvalue weighted by Crippen LogP contribution is -2.50. The molecule has 0 spiro atoms. The van der Waals surface area contributed by atoms with E-state index < -0.39 is 6.04 Å². The number of rotatable bonds is 9. The predicted octanol–water partition coefficient (Wildman–Crippen LogP) is 6.01. The van der Waals surface area contributed by atoms with Crippen molar-refractivity contribution in [2.45, 2.75) is 63.9 Å². The van der Waals surface area contributed by atoms with Crippen LogP contribution in [0.5, 0.6) is 0 Å². The van der Waals surface area contributed by atoms with Crippen molar-refractivity contribution in [1.82, 2.24) is 10.2 Å². The Bertz CT molecular complexity index is 927. The number of aryl methyl sites for hydroxylation is 1. The number of hydrogen-bond donors (Lipinski definition) is 1. The summed E-state index contributed by atoms with van der Waals surface area (Å²) < 4.78 is 0. The van der Waals surface area contributed by atoms with E-state index in [0.717, 1.165) is 42.4 Å². The summed E-state index contributed by atoms with van der Waals surface area (Å²) in [7, 11) is 0. The van der Waals surface area contributed by atoms with Crippen LogP contribution < -0.4 is 5.32 Å². The van der Waals surface area contributed by atoms with Gasteiger partial charge in [-0.2, -0.15) is 0 Å². The van der Waals surface area contributed by atoms with E-state index in [1.807, 2.05) is 32.0 Å². The Morgan fingerprint density at radius 3 is 2.44 bits per heavy atom. The lowest BCUT2D eigenvalue weighted by Gasteiger charge is -2.30. The van der Waals surface area contributed by atoms with Gasteiger partial charge in [0.25, 0.3) is 0 Å². The lowest BCUT2D eigenvalue weighted by atomic mass is 10.1. The number of nitrogens with one attached hydrogen (secondary N) is 1. The minimum atomic E-state index is -0.548. The molecule has 172 valence electrons. The van der Waals surface area contributed by atoms with Crippen LogP contribution in [0.4, 0.5) is 0 Å². The summed E-state index contributed by atoms with van der Waals surface area (Å²) in [5.41, 5.74) is 2.96. The van der Waals surface area contributed by atoms with Gasteiger partial charge in [-0.25, -0.2) is 0 Å². The highest BCUT2D eigenvalue weighted by molar-refractivity contribution is 7.99. The van der Waals surface area contributed by atoms with Crippen LogP contribution >= 0.6 is 35.0 Å². The first-order valence-corrected chi connectivity index (χ1v) is 12.9. The maximum Gasteiger partial charge on any atom is 0.242 e. The van der Waals surface area contributed by atoms with Gasteiger partial charge in [-0.05, 0) is 49.9 Å². The van der Waals surface area contributed by atoms with Crippen molar-refractivity contribution in [2.75, 3.05) is 5.75 Å². The van der Waals surface area contributed by atoms with Crippen molar-refractivity contribution in [3.63, 3.8) is 0 Å².